The highest BCUT2D eigenvalue weighted by Crippen LogP contribution is 2.33. The molecule has 3 aromatic rings. The fraction of sp³-hybridized carbons (Fsp3) is 0. The van der Waals surface area contributed by atoms with E-state index < -0.39 is 5.91 Å². The van der Waals surface area contributed by atoms with E-state index in [1.54, 1.807) is 0 Å². The number of aromatic nitrogens is 1. The average molecular weight is 390 g/mol. The van der Waals surface area contributed by atoms with E-state index in [2.05, 4.69) is 10.3 Å². The van der Waals surface area contributed by atoms with Gasteiger partial charge in [-0.15, -0.1) is 0 Å². The number of carbonyl (C=O) groups excluding carboxylic acids is 1. The van der Waals surface area contributed by atoms with E-state index >= 15 is 0 Å². The fourth-order valence-corrected chi connectivity index (χ4v) is 3.44. The van der Waals surface area contributed by atoms with Crippen LogP contribution < -0.4 is 5.32 Å². The van der Waals surface area contributed by atoms with Gasteiger partial charge in [0.2, 0.25) is 0 Å². The fourth-order valence-electron chi connectivity index (χ4n) is 2.07. The van der Waals surface area contributed by atoms with Gasteiger partial charge in [-0.3, -0.25) is 10.1 Å². The lowest BCUT2D eigenvalue weighted by Crippen LogP contribution is -2.13. The van der Waals surface area contributed by atoms with Crippen LogP contribution in [-0.2, 0) is 4.79 Å². The number of phenolic OH excluding ortho intramolecular Hbond substituents is 1. The van der Waals surface area contributed by atoms with E-state index in [-0.39, 0.29) is 21.4 Å². The van der Waals surface area contributed by atoms with Gasteiger partial charge in [0.1, 0.15) is 11.6 Å². The number of amides is 1. The van der Waals surface area contributed by atoms with E-state index in [1.165, 1.54) is 29.5 Å². The molecule has 5 nitrogen and oxygen atoms in total. The number of phenols is 1. The Morgan fingerprint density at radius 1 is 1.28 bits per heavy atom. The molecule has 1 heterocycles. The highest BCUT2D eigenvalue weighted by atomic mass is 35.5. The zero-order chi connectivity index (χ0) is 18.0. The molecule has 0 saturated carbocycles. The van der Waals surface area contributed by atoms with Crippen LogP contribution in [0.15, 0.2) is 42.0 Å². The van der Waals surface area contributed by atoms with E-state index in [1.807, 2.05) is 30.3 Å². The molecule has 0 aliphatic rings. The third-order valence-corrected chi connectivity index (χ3v) is 4.76. The predicted molar refractivity (Wildman–Crippen MR) is 100.0 cm³/mol. The third-order valence-electron chi connectivity index (χ3n) is 3.23. The second kappa shape index (κ2) is 7.11. The Labute approximate surface area is 156 Å². The number of carbonyl (C=O) groups is 1. The summed E-state index contributed by atoms with van der Waals surface area (Å²) in [5, 5.41) is 21.9. The number of hydrogen-bond acceptors (Lipinski definition) is 5. The number of anilines is 1. The number of nitrogens with zero attached hydrogens (tertiary/aromatic N) is 2. The van der Waals surface area contributed by atoms with E-state index in [0.29, 0.717) is 10.7 Å². The van der Waals surface area contributed by atoms with Crippen molar-refractivity contribution in [3.8, 4) is 11.8 Å². The summed E-state index contributed by atoms with van der Waals surface area (Å²) in [6, 6.07) is 12.1. The summed E-state index contributed by atoms with van der Waals surface area (Å²) in [5.74, 6) is -0.847. The molecule has 25 heavy (non-hydrogen) atoms. The minimum absolute atomic E-state index is 0.0302. The summed E-state index contributed by atoms with van der Waals surface area (Å²) < 4.78 is 0.928. The van der Waals surface area contributed by atoms with E-state index in [4.69, 9.17) is 23.2 Å². The highest BCUT2D eigenvalue weighted by Gasteiger charge is 2.13. The van der Waals surface area contributed by atoms with Gasteiger partial charge >= 0.3 is 0 Å². The third kappa shape index (κ3) is 3.74. The van der Waals surface area contributed by atoms with Crippen molar-refractivity contribution in [1.82, 2.24) is 4.98 Å². The molecular formula is C17H9Cl2N3O2S. The number of rotatable bonds is 3. The van der Waals surface area contributed by atoms with Gasteiger partial charge in [-0.1, -0.05) is 46.7 Å². The summed E-state index contributed by atoms with van der Waals surface area (Å²) in [6.07, 6.45) is 1.33. The van der Waals surface area contributed by atoms with E-state index in [0.717, 1.165) is 10.2 Å². The first-order chi connectivity index (χ1) is 12.0. The lowest BCUT2D eigenvalue weighted by molar-refractivity contribution is -0.112. The summed E-state index contributed by atoms with van der Waals surface area (Å²) in [4.78, 5) is 16.6. The van der Waals surface area contributed by atoms with Crippen LogP contribution in [-0.4, -0.2) is 16.0 Å². The zero-order valence-corrected chi connectivity index (χ0v) is 14.8. The molecular weight excluding hydrogens is 381 g/mol. The van der Waals surface area contributed by atoms with Gasteiger partial charge in [-0.25, -0.2) is 4.98 Å². The maximum Gasteiger partial charge on any atom is 0.268 e. The molecule has 0 aliphatic carbocycles. The molecule has 0 unspecified atom stereocenters. The van der Waals surface area contributed by atoms with Gasteiger partial charge in [0.05, 0.1) is 20.3 Å². The first kappa shape index (κ1) is 17.2. The largest absolute Gasteiger partial charge is 0.505 e. The van der Waals surface area contributed by atoms with Crippen molar-refractivity contribution in [2.24, 2.45) is 0 Å². The molecule has 0 fully saturated rings. The number of nitriles is 1. The molecule has 0 spiro atoms. The van der Waals surface area contributed by atoms with Gasteiger partial charge in [-0.05, 0) is 35.9 Å². The molecule has 0 bridgehead atoms. The van der Waals surface area contributed by atoms with Crippen molar-refractivity contribution in [2.45, 2.75) is 0 Å². The summed E-state index contributed by atoms with van der Waals surface area (Å²) >= 11 is 13.0. The molecule has 8 heteroatoms. The Morgan fingerprint density at radius 2 is 1.96 bits per heavy atom. The minimum Gasteiger partial charge on any atom is -0.505 e. The lowest BCUT2D eigenvalue weighted by Gasteiger charge is -2.03. The van der Waals surface area contributed by atoms with Gasteiger partial charge in [0, 0.05) is 0 Å². The van der Waals surface area contributed by atoms with Crippen LogP contribution in [0.1, 0.15) is 5.56 Å². The normalized spacial score (nSPS) is 11.3. The molecule has 0 aliphatic heterocycles. The quantitative estimate of drug-likeness (QED) is 0.494. The number of halogens is 2. The maximum absolute atomic E-state index is 12.3. The minimum atomic E-state index is -0.595. The standard InChI is InChI=1S/C17H9Cl2N3O2S/c18-11-6-9(7-12(19)15(11)23)5-10(8-20)16(24)22-17-21-13-3-1-2-4-14(13)25-17/h1-7,23H,(H,21,22,24)/b10-5+. The van der Waals surface area contributed by atoms with E-state index in [9.17, 15) is 15.2 Å². The molecule has 0 radical (unpaired) electrons. The van der Waals surface area contributed by atoms with Crippen LogP contribution in [0.25, 0.3) is 16.3 Å². The SMILES string of the molecule is N#C/C(=C\c1cc(Cl)c(O)c(Cl)c1)C(=O)Nc1nc2ccccc2s1. The summed E-state index contributed by atoms with van der Waals surface area (Å²) in [5.41, 5.74) is 1.04. The topological polar surface area (TPSA) is 86.0 Å². The number of hydrogen-bond donors (Lipinski definition) is 2. The van der Waals surface area contributed by atoms with Crippen molar-refractivity contribution >= 4 is 61.9 Å². The molecule has 0 atom stereocenters. The average Bonchev–Trinajstić information content (AvgIpc) is 2.99. The Kier molecular flexibility index (Phi) is 4.91. The van der Waals surface area contributed by atoms with Crippen molar-refractivity contribution in [2.75, 3.05) is 5.32 Å². The molecule has 2 aromatic carbocycles. The van der Waals surface area contributed by atoms with Crippen molar-refractivity contribution in [3.05, 3.63) is 57.6 Å². The highest BCUT2D eigenvalue weighted by molar-refractivity contribution is 7.22. The van der Waals surface area contributed by atoms with Crippen LogP contribution in [0.4, 0.5) is 5.13 Å². The van der Waals surface area contributed by atoms with Gasteiger partial charge < -0.3 is 5.11 Å². The monoisotopic (exact) mass is 389 g/mol. The Balaban J connectivity index is 1.87. The lowest BCUT2D eigenvalue weighted by atomic mass is 10.1. The molecule has 2 N–H and O–H groups in total. The van der Waals surface area contributed by atoms with Crippen LogP contribution in [0.3, 0.4) is 0 Å². The smallest absolute Gasteiger partial charge is 0.268 e. The van der Waals surface area contributed by atoms with Gasteiger partial charge in [0.25, 0.3) is 5.91 Å². The first-order valence-electron chi connectivity index (χ1n) is 6.94. The number of benzene rings is 2. The Bertz CT molecular complexity index is 997. The first-order valence-corrected chi connectivity index (χ1v) is 8.52. The molecule has 3 rings (SSSR count). The van der Waals surface area contributed by atoms with Crippen LogP contribution >= 0.6 is 34.5 Å². The molecule has 1 aromatic heterocycles. The van der Waals surface area contributed by atoms with Crippen LogP contribution in [0.2, 0.25) is 10.0 Å². The number of para-hydroxylation sites is 1. The molecule has 1 amide bonds. The Hall–Kier alpha value is -2.59. The predicted octanol–water partition coefficient (Wildman–Crippen LogP) is 4.85. The molecule has 124 valence electrons. The van der Waals surface area contributed by atoms with Gasteiger partial charge in [-0.2, -0.15) is 5.26 Å². The number of aromatic hydroxyl groups is 1. The van der Waals surface area contributed by atoms with Crippen LogP contribution in [0, 0.1) is 11.3 Å². The molecule has 0 saturated heterocycles. The van der Waals surface area contributed by atoms with Crippen molar-refractivity contribution < 1.29 is 9.90 Å². The van der Waals surface area contributed by atoms with Crippen molar-refractivity contribution in [1.29, 1.82) is 5.26 Å². The second-order valence-electron chi connectivity index (χ2n) is 4.94. The number of thiazole rings is 1. The zero-order valence-electron chi connectivity index (χ0n) is 12.5. The summed E-state index contributed by atoms with van der Waals surface area (Å²) in [6.45, 7) is 0. The Morgan fingerprint density at radius 3 is 2.60 bits per heavy atom. The summed E-state index contributed by atoms with van der Waals surface area (Å²) in [7, 11) is 0. The van der Waals surface area contributed by atoms with Crippen molar-refractivity contribution in [3.63, 3.8) is 0 Å². The number of fused-ring (bicyclic) bond motifs is 1. The maximum atomic E-state index is 12.3. The van der Waals surface area contributed by atoms with Crippen LogP contribution in [0.5, 0.6) is 5.75 Å². The van der Waals surface area contributed by atoms with Gasteiger partial charge in [0.15, 0.2) is 10.9 Å². The number of nitrogens with one attached hydrogen (secondary N) is 1. The second-order valence-corrected chi connectivity index (χ2v) is 6.79.